The molecule has 0 saturated heterocycles. The van der Waals surface area contributed by atoms with Crippen molar-refractivity contribution in [3.05, 3.63) is 83.9 Å². The molecule has 0 saturated carbocycles. The molecule has 3 aromatic carbocycles. The highest BCUT2D eigenvalue weighted by molar-refractivity contribution is 7.92. The van der Waals surface area contributed by atoms with Gasteiger partial charge in [0, 0.05) is 11.8 Å². The van der Waals surface area contributed by atoms with E-state index >= 15 is 0 Å². The smallest absolute Gasteiger partial charge is 0.261 e. The van der Waals surface area contributed by atoms with Crippen molar-refractivity contribution in [1.82, 2.24) is 0 Å². The lowest BCUT2D eigenvalue weighted by Crippen LogP contribution is -2.21. The van der Waals surface area contributed by atoms with Crippen LogP contribution in [0.15, 0.2) is 71.6 Å². The summed E-state index contributed by atoms with van der Waals surface area (Å²) in [6.07, 6.45) is 0. The molecule has 0 aromatic heterocycles. The third-order valence-electron chi connectivity index (χ3n) is 3.89. The lowest BCUT2D eigenvalue weighted by molar-refractivity contribution is 0.102. The summed E-state index contributed by atoms with van der Waals surface area (Å²) in [4.78, 5) is 12.7. The van der Waals surface area contributed by atoms with Crippen LogP contribution in [-0.2, 0) is 10.0 Å². The molecule has 1 amide bonds. The van der Waals surface area contributed by atoms with Gasteiger partial charge in [-0.2, -0.15) is 0 Å². The van der Waals surface area contributed by atoms with Gasteiger partial charge in [-0.1, -0.05) is 35.8 Å². The summed E-state index contributed by atoms with van der Waals surface area (Å²) >= 11 is 0. The molecule has 2 N–H and O–H groups in total. The van der Waals surface area contributed by atoms with E-state index < -0.39 is 27.6 Å². The minimum absolute atomic E-state index is 0.0438. The van der Waals surface area contributed by atoms with E-state index in [9.17, 15) is 22.0 Å². The molecular formula is C19H15BF2N2O3S. The minimum atomic E-state index is -3.91. The quantitative estimate of drug-likeness (QED) is 0.646. The summed E-state index contributed by atoms with van der Waals surface area (Å²) in [5, 5.41) is 2.44. The average Bonchev–Trinajstić information content (AvgIpc) is 2.66. The van der Waals surface area contributed by atoms with Gasteiger partial charge in [0.2, 0.25) is 0 Å². The molecular weight excluding hydrogens is 385 g/mol. The first-order chi connectivity index (χ1) is 13.3. The van der Waals surface area contributed by atoms with Gasteiger partial charge >= 0.3 is 0 Å². The molecule has 0 fully saturated rings. The first-order valence-corrected chi connectivity index (χ1v) is 9.69. The molecule has 0 aliphatic rings. The number of halogens is 2. The largest absolute Gasteiger partial charge is 0.322 e. The van der Waals surface area contributed by atoms with Gasteiger partial charge in [0.05, 0.1) is 16.1 Å². The zero-order valence-corrected chi connectivity index (χ0v) is 15.6. The van der Waals surface area contributed by atoms with Crippen molar-refractivity contribution >= 4 is 40.6 Å². The number of anilines is 2. The van der Waals surface area contributed by atoms with Crippen LogP contribution in [0.3, 0.4) is 0 Å². The summed E-state index contributed by atoms with van der Waals surface area (Å²) in [6.45, 7) is 0. The van der Waals surface area contributed by atoms with Crippen LogP contribution in [0.5, 0.6) is 0 Å². The van der Waals surface area contributed by atoms with Crippen LogP contribution >= 0.6 is 0 Å². The number of carbonyl (C=O) groups excluding carboxylic acids is 1. The molecule has 142 valence electrons. The Hall–Kier alpha value is -3.20. The van der Waals surface area contributed by atoms with Crippen molar-refractivity contribution < 1.29 is 22.0 Å². The molecule has 9 heteroatoms. The molecule has 0 bridgehead atoms. The normalized spacial score (nSPS) is 11.1. The number of sulfonamides is 1. The molecule has 0 radical (unpaired) electrons. The first kappa shape index (κ1) is 19.6. The zero-order valence-electron chi connectivity index (χ0n) is 14.7. The van der Waals surface area contributed by atoms with Gasteiger partial charge < -0.3 is 5.32 Å². The molecule has 3 aromatic rings. The van der Waals surface area contributed by atoms with E-state index in [2.05, 4.69) is 10.0 Å². The number of rotatable bonds is 5. The van der Waals surface area contributed by atoms with E-state index in [1.165, 1.54) is 30.3 Å². The Labute approximate surface area is 161 Å². The molecule has 0 unspecified atom stereocenters. The van der Waals surface area contributed by atoms with Gasteiger partial charge in [-0.3, -0.25) is 9.52 Å². The van der Waals surface area contributed by atoms with E-state index in [1.807, 2.05) is 0 Å². The van der Waals surface area contributed by atoms with Crippen molar-refractivity contribution in [2.45, 2.75) is 4.90 Å². The Bertz CT molecular complexity index is 1140. The summed E-state index contributed by atoms with van der Waals surface area (Å²) in [7, 11) is -2.17. The maximum Gasteiger partial charge on any atom is 0.261 e. The molecule has 3 rings (SSSR count). The predicted octanol–water partition coefficient (Wildman–Crippen LogP) is 2.28. The van der Waals surface area contributed by atoms with E-state index in [0.717, 1.165) is 17.6 Å². The fourth-order valence-corrected chi connectivity index (χ4v) is 3.61. The Kier molecular flexibility index (Phi) is 5.46. The summed E-state index contributed by atoms with van der Waals surface area (Å²) in [5.41, 5.74) is 0.874. The van der Waals surface area contributed by atoms with Crippen LogP contribution in [0.25, 0.3) is 0 Å². The predicted molar refractivity (Wildman–Crippen MR) is 106 cm³/mol. The van der Waals surface area contributed by atoms with Crippen LogP contribution in [-0.4, -0.2) is 22.2 Å². The molecule has 0 aliphatic carbocycles. The Morgan fingerprint density at radius 3 is 2.29 bits per heavy atom. The number of nitrogens with one attached hydrogen (secondary N) is 2. The van der Waals surface area contributed by atoms with Gasteiger partial charge in [0.1, 0.15) is 7.85 Å². The fraction of sp³-hybridized carbons (Fsp3) is 0. The third kappa shape index (κ3) is 4.37. The minimum Gasteiger partial charge on any atom is -0.322 e. The lowest BCUT2D eigenvalue weighted by Gasteiger charge is -2.14. The monoisotopic (exact) mass is 400 g/mol. The van der Waals surface area contributed by atoms with Crippen LogP contribution in [0.1, 0.15) is 10.4 Å². The van der Waals surface area contributed by atoms with Crippen molar-refractivity contribution in [2.24, 2.45) is 0 Å². The van der Waals surface area contributed by atoms with Crippen molar-refractivity contribution in [2.75, 3.05) is 10.0 Å². The highest BCUT2D eigenvalue weighted by Crippen LogP contribution is 2.21. The van der Waals surface area contributed by atoms with Crippen molar-refractivity contribution in [3.8, 4) is 0 Å². The molecule has 0 aliphatic heterocycles. The molecule has 0 heterocycles. The second-order valence-electron chi connectivity index (χ2n) is 6.05. The van der Waals surface area contributed by atoms with E-state index in [1.54, 1.807) is 32.1 Å². The van der Waals surface area contributed by atoms with Gasteiger partial charge in [0.25, 0.3) is 15.9 Å². The summed E-state index contributed by atoms with van der Waals surface area (Å²) in [6, 6.07) is 15.3. The highest BCUT2D eigenvalue weighted by atomic mass is 32.2. The second-order valence-corrected chi connectivity index (χ2v) is 7.73. The first-order valence-electron chi connectivity index (χ1n) is 8.21. The number of amides is 1. The highest BCUT2D eigenvalue weighted by Gasteiger charge is 2.19. The Morgan fingerprint density at radius 2 is 1.61 bits per heavy atom. The van der Waals surface area contributed by atoms with Crippen molar-refractivity contribution in [1.29, 1.82) is 0 Å². The SMILES string of the molecule is Bc1ccc(NS(=O)(=O)c2ccccc2)c(C(=O)Nc2ccc(F)c(F)c2)c1. The number of carbonyl (C=O) groups is 1. The maximum atomic E-state index is 13.4. The van der Waals surface area contributed by atoms with E-state index in [0.29, 0.717) is 0 Å². The lowest BCUT2D eigenvalue weighted by atomic mass is 9.93. The van der Waals surface area contributed by atoms with Crippen LogP contribution in [0, 0.1) is 11.6 Å². The number of hydrogen-bond donors (Lipinski definition) is 2. The average molecular weight is 400 g/mol. The maximum absolute atomic E-state index is 13.4. The molecule has 28 heavy (non-hydrogen) atoms. The van der Waals surface area contributed by atoms with Crippen molar-refractivity contribution in [3.63, 3.8) is 0 Å². The van der Waals surface area contributed by atoms with Crippen LogP contribution in [0.2, 0.25) is 0 Å². The number of benzene rings is 3. The van der Waals surface area contributed by atoms with Gasteiger partial charge in [-0.05, 0) is 30.3 Å². The van der Waals surface area contributed by atoms with Gasteiger partial charge in [-0.15, -0.1) is 0 Å². The van der Waals surface area contributed by atoms with Gasteiger partial charge in [-0.25, -0.2) is 17.2 Å². The third-order valence-corrected chi connectivity index (χ3v) is 5.28. The van der Waals surface area contributed by atoms with Crippen LogP contribution < -0.4 is 15.5 Å². The van der Waals surface area contributed by atoms with Crippen LogP contribution in [0.4, 0.5) is 20.2 Å². The van der Waals surface area contributed by atoms with E-state index in [4.69, 9.17) is 0 Å². The zero-order chi connectivity index (χ0) is 20.3. The Morgan fingerprint density at radius 1 is 0.893 bits per heavy atom. The Balaban J connectivity index is 1.92. The molecule has 5 nitrogen and oxygen atoms in total. The number of hydrogen-bond acceptors (Lipinski definition) is 3. The molecule has 0 spiro atoms. The van der Waals surface area contributed by atoms with Gasteiger partial charge in [0.15, 0.2) is 11.6 Å². The fourth-order valence-electron chi connectivity index (χ4n) is 2.51. The topological polar surface area (TPSA) is 75.3 Å². The summed E-state index contributed by atoms with van der Waals surface area (Å²) in [5.74, 6) is -2.81. The molecule has 0 atom stereocenters. The second kappa shape index (κ2) is 7.81. The standard InChI is InChI=1S/C19H15BF2N2O3S/c20-12-6-9-18(24-28(26,27)14-4-2-1-3-5-14)15(10-12)19(25)23-13-7-8-16(21)17(22)11-13/h1-11,24H,20H2,(H,23,25). The van der Waals surface area contributed by atoms with E-state index in [-0.39, 0.29) is 21.8 Å². The summed E-state index contributed by atoms with van der Waals surface area (Å²) < 4.78 is 54.0.